The van der Waals surface area contributed by atoms with Gasteiger partial charge in [-0.15, -0.1) is 0 Å². The van der Waals surface area contributed by atoms with Gasteiger partial charge in [0.25, 0.3) is 5.56 Å². The van der Waals surface area contributed by atoms with Gasteiger partial charge in [0.15, 0.2) is 6.23 Å². The second kappa shape index (κ2) is 4.01. The van der Waals surface area contributed by atoms with E-state index < -0.39 is 35.2 Å². The van der Waals surface area contributed by atoms with E-state index in [1.807, 2.05) is 0 Å². The Balaban J connectivity index is 2.02. The molecule has 0 aromatic carbocycles. The fraction of sp³-hybridized carbons (Fsp3) is 0.636. The zero-order valence-corrected chi connectivity index (χ0v) is 10.3. The van der Waals surface area contributed by atoms with Gasteiger partial charge in [0, 0.05) is 18.3 Å². The number of hydrogen-bond acceptors (Lipinski definition) is 6. The molecule has 0 spiro atoms. The van der Waals surface area contributed by atoms with Gasteiger partial charge < -0.3 is 20.3 Å². The first kappa shape index (κ1) is 12.5. The van der Waals surface area contributed by atoms with E-state index in [-0.39, 0.29) is 6.61 Å². The first-order chi connectivity index (χ1) is 8.98. The minimum atomic E-state index is -0.969. The van der Waals surface area contributed by atoms with Crippen LogP contribution in [0.25, 0.3) is 0 Å². The molecule has 3 heterocycles. The number of aromatic amines is 1. The van der Waals surface area contributed by atoms with Crippen LogP contribution >= 0.6 is 0 Å². The van der Waals surface area contributed by atoms with Crippen molar-refractivity contribution in [2.24, 2.45) is 0 Å². The van der Waals surface area contributed by atoms with Gasteiger partial charge in [-0.05, 0) is 6.92 Å². The summed E-state index contributed by atoms with van der Waals surface area (Å²) in [7, 11) is 0. The van der Waals surface area contributed by atoms with E-state index in [0.29, 0.717) is 12.1 Å². The first-order valence-electron chi connectivity index (χ1n) is 6.01. The fourth-order valence-electron chi connectivity index (χ4n) is 2.66. The largest absolute Gasteiger partial charge is 0.393 e. The summed E-state index contributed by atoms with van der Waals surface area (Å²) in [6.45, 7) is 1.74. The maximum atomic E-state index is 11.8. The Kier molecular flexibility index (Phi) is 2.65. The quantitative estimate of drug-likeness (QED) is 0.469. The number of aryl methyl sites for hydroxylation is 1. The second-order valence-electron chi connectivity index (χ2n) is 5.06. The third kappa shape index (κ3) is 1.61. The number of aliphatic hydroxyl groups excluding tert-OH is 2. The molecule has 1 aromatic heterocycles. The molecule has 4 N–H and O–H groups in total. The van der Waals surface area contributed by atoms with Crippen molar-refractivity contribution >= 4 is 0 Å². The highest BCUT2D eigenvalue weighted by Crippen LogP contribution is 2.40. The fourth-order valence-corrected chi connectivity index (χ4v) is 2.66. The third-order valence-electron chi connectivity index (χ3n) is 3.86. The highest BCUT2D eigenvalue weighted by Gasteiger charge is 2.60. The van der Waals surface area contributed by atoms with Crippen molar-refractivity contribution < 1.29 is 14.9 Å². The number of aromatic nitrogens is 2. The van der Waals surface area contributed by atoms with Crippen LogP contribution in [-0.2, 0) is 4.74 Å². The lowest BCUT2D eigenvalue weighted by molar-refractivity contribution is -0.133. The highest BCUT2D eigenvalue weighted by molar-refractivity contribution is 5.14. The SMILES string of the molecule is Cc1cn([C@@H]2O[C@@]3(CO)CN[C@H]3[C@H]2O)c(=O)[nH]c1=O. The lowest BCUT2D eigenvalue weighted by Gasteiger charge is -2.43. The molecule has 19 heavy (non-hydrogen) atoms. The van der Waals surface area contributed by atoms with Crippen LogP contribution in [0.1, 0.15) is 11.8 Å². The van der Waals surface area contributed by atoms with Crippen LogP contribution in [0.3, 0.4) is 0 Å². The Morgan fingerprint density at radius 3 is 2.84 bits per heavy atom. The maximum Gasteiger partial charge on any atom is 0.330 e. The van der Waals surface area contributed by atoms with Crippen LogP contribution in [0.5, 0.6) is 0 Å². The number of fused-ring (bicyclic) bond motifs is 1. The first-order valence-corrected chi connectivity index (χ1v) is 6.01. The molecular formula is C11H15N3O5. The minimum absolute atomic E-state index is 0.241. The number of aliphatic hydroxyl groups is 2. The van der Waals surface area contributed by atoms with Crippen LogP contribution < -0.4 is 16.6 Å². The monoisotopic (exact) mass is 269 g/mol. The summed E-state index contributed by atoms with van der Waals surface area (Å²) in [4.78, 5) is 25.3. The molecule has 1 aromatic rings. The van der Waals surface area contributed by atoms with Gasteiger partial charge in [0.05, 0.1) is 12.6 Å². The summed E-state index contributed by atoms with van der Waals surface area (Å²) in [5, 5.41) is 22.5. The van der Waals surface area contributed by atoms with Crippen molar-refractivity contribution in [2.75, 3.05) is 13.2 Å². The lowest BCUT2D eigenvalue weighted by Crippen LogP contribution is -2.70. The second-order valence-corrected chi connectivity index (χ2v) is 5.06. The normalized spacial score (nSPS) is 36.9. The van der Waals surface area contributed by atoms with E-state index in [9.17, 15) is 19.8 Å². The van der Waals surface area contributed by atoms with E-state index in [1.165, 1.54) is 6.20 Å². The summed E-state index contributed by atoms with van der Waals surface area (Å²) in [5.41, 5.74) is -1.62. The molecule has 2 aliphatic rings. The molecule has 0 bridgehead atoms. The Morgan fingerprint density at radius 1 is 1.58 bits per heavy atom. The average Bonchev–Trinajstić information content (AvgIpc) is 2.52. The van der Waals surface area contributed by atoms with Gasteiger partial charge >= 0.3 is 5.69 Å². The molecule has 3 rings (SSSR count). The van der Waals surface area contributed by atoms with Crippen LogP contribution in [0.4, 0.5) is 0 Å². The summed E-state index contributed by atoms with van der Waals surface area (Å²) in [5.74, 6) is 0. The number of ether oxygens (including phenoxy) is 1. The molecule has 0 saturated carbocycles. The molecule has 2 aliphatic heterocycles. The standard InChI is InChI=1S/C11H15N3O5/c1-5-2-14(10(18)13-8(5)17)9-6(16)7-11(4-15,19-9)3-12-7/h2,6-7,9,12,15-16H,3-4H2,1H3,(H,13,17,18)/t6-,7+,9-,11-/m1/s1. The van der Waals surface area contributed by atoms with Gasteiger partial charge in [-0.3, -0.25) is 14.3 Å². The van der Waals surface area contributed by atoms with E-state index in [1.54, 1.807) is 6.92 Å². The number of nitrogens with one attached hydrogen (secondary N) is 2. The van der Waals surface area contributed by atoms with E-state index in [2.05, 4.69) is 10.3 Å². The molecule has 2 saturated heterocycles. The third-order valence-corrected chi connectivity index (χ3v) is 3.86. The van der Waals surface area contributed by atoms with Gasteiger partial charge in [-0.2, -0.15) is 0 Å². The molecule has 0 amide bonds. The molecule has 0 radical (unpaired) electrons. The minimum Gasteiger partial charge on any atom is -0.393 e. The molecule has 2 fully saturated rings. The number of hydrogen-bond donors (Lipinski definition) is 4. The van der Waals surface area contributed by atoms with Gasteiger partial charge in [-0.25, -0.2) is 4.79 Å². The molecule has 8 nitrogen and oxygen atoms in total. The van der Waals surface area contributed by atoms with Crippen molar-refractivity contribution in [2.45, 2.75) is 30.9 Å². The average molecular weight is 269 g/mol. The van der Waals surface area contributed by atoms with Crippen molar-refractivity contribution in [3.63, 3.8) is 0 Å². The van der Waals surface area contributed by atoms with Crippen LogP contribution in [0.15, 0.2) is 15.8 Å². The smallest absolute Gasteiger partial charge is 0.330 e. The zero-order valence-electron chi connectivity index (χ0n) is 10.3. The summed E-state index contributed by atoms with van der Waals surface area (Å²) in [6.07, 6.45) is -0.538. The topological polar surface area (TPSA) is 117 Å². The van der Waals surface area contributed by atoms with Crippen molar-refractivity contribution in [1.82, 2.24) is 14.9 Å². The van der Waals surface area contributed by atoms with Crippen LogP contribution in [0.2, 0.25) is 0 Å². The van der Waals surface area contributed by atoms with Crippen LogP contribution in [0, 0.1) is 6.92 Å². The molecule has 0 unspecified atom stereocenters. The van der Waals surface area contributed by atoms with E-state index in [0.717, 1.165) is 4.57 Å². The summed E-state index contributed by atoms with van der Waals surface area (Å²) in [6, 6.07) is -0.415. The Bertz CT molecular complexity index is 619. The Morgan fingerprint density at radius 2 is 2.32 bits per heavy atom. The van der Waals surface area contributed by atoms with Crippen molar-refractivity contribution in [1.29, 1.82) is 0 Å². The summed E-state index contributed by atoms with van der Waals surface area (Å²) < 4.78 is 6.80. The number of rotatable bonds is 2. The highest BCUT2D eigenvalue weighted by atomic mass is 16.6. The van der Waals surface area contributed by atoms with Gasteiger partial charge in [-0.1, -0.05) is 0 Å². The number of H-pyrrole nitrogens is 1. The lowest BCUT2D eigenvalue weighted by atomic mass is 9.85. The summed E-state index contributed by atoms with van der Waals surface area (Å²) >= 11 is 0. The van der Waals surface area contributed by atoms with Gasteiger partial charge in [0.1, 0.15) is 11.7 Å². The Hall–Kier alpha value is -1.48. The Labute approximate surface area is 107 Å². The predicted octanol–water partition coefficient (Wildman–Crippen LogP) is -2.56. The van der Waals surface area contributed by atoms with Crippen molar-refractivity contribution in [3.8, 4) is 0 Å². The van der Waals surface area contributed by atoms with E-state index in [4.69, 9.17) is 4.74 Å². The van der Waals surface area contributed by atoms with Crippen LogP contribution in [-0.4, -0.2) is 50.7 Å². The van der Waals surface area contributed by atoms with Crippen molar-refractivity contribution in [3.05, 3.63) is 32.6 Å². The number of nitrogens with zero attached hydrogens (tertiary/aromatic N) is 1. The predicted molar refractivity (Wildman–Crippen MR) is 63.8 cm³/mol. The molecule has 4 atom stereocenters. The molecule has 104 valence electrons. The molecular weight excluding hydrogens is 254 g/mol. The maximum absolute atomic E-state index is 11.8. The molecule has 8 heteroatoms. The molecule has 0 aliphatic carbocycles. The van der Waals surface area contributed by atoms with E-state index >= 15 is 0 Å². The zero-order chi connectivity index (χ0) is 13.8. The van der Waals surface area contributed by atoms with Gasteiger partial charge in [0.2, 0.25) is 0 Å².